The lowest BCUT2D eigenvalue weighted by molar-refractivity contribution is 0.412. The molecule has 1 fully saturated rings. The monoisotopic (exact) mass is 344 g/mol. The van der Waals surface area contributed by atoms with E-state index in [0.29, 0.717) is 6.04 Å². The molecule has 0 unspecified atom stereocenters. The van der Waals surface area contributed by atoms with Crippen LogP contribution in [-0.4, -0.2) is 11.0 Å². The SMILES string of the molecule is Cc1nc(Br)ccc1NC1CCC(c2ccccc2)CC1. The number of aromatic nitrogens is 1. The summed E-state index contributed by atoms with van der Waals surface area (Å²) in [5.74, 6) is 0.730. The fraction of sp³-hybridized carbons (Fsp3) is 0.389. The van der Waals surface area contributed by atoms with E-state index in [1.54, 1.807) is 0 Å². The van der Waals surface area contributed by atoms with Gasteiger partial charge in [0.2, 0.25) is 0 Å². The summed E-state index contributed by atoms with van der Waals surface area (Å²) in [5.41, 5.74) is 3.73. The van der Waals surface area contributed by atoms with Crippen molar-refractivity contribution >= 4 is 21.6 Å². The molecule has 1 aliphatic carbocycles. The summed E-state index contributed by atoms with van der Waals surface area (Å²) in [6.07, 6.45) is 5.00. The highest BCUT2D eigenvalue weighted by Gasteiger charge is 2.22. The summed E-state index contributed by atoms with van der Waals surface area (Å²) in [6, 6.07) is 15.6. The lowest BCUT2D eigenvalue weighted by Gasteiger charge is -2.30. The van der Waals surface area contributed by atoms with Crippen LogP contribution in [0, 0.1) is 6.92 Å². The van der Waals surface area contributed by atoms with Crippen molar-refractivity contribution in [2.75, 3.05) is 5.32 Å². The van der Waals surface area contributed by atoms with Gasteiger partial charge >= 0.3 is 0 Å². The molecule has 0 amide bonds. The third-order valence-corrected chi connectivity index (χ3v) is 4.85. The predicted molar refractivity (Wildman–Crippen MR) is 91.7 cm³/mol. The number of nitrogens with one attached hydrogen (secondary N) is 1. The highest BCUT2D eigenvalue weighted by atomic mass is 79.9. The summed E-state index contributed by atoms with van der Waals surface area (Å²) in [5, 5.41) is 3.67. The molecule has 0 atom stereocenters. The summed E-state index contributed by atoms with van der Waals surface area (Å²) >= 11 is 3.42. The van der Waals surface area contributed by atoms with Crippen molar-refractivity contribution in [2.45, 2.75) is 44.6 Å². The Hall–Kier alpha value is -1.35. The Morgan fingerprint density at radius 2 is 1.71 bits per heavy atom. The molecule has 110 valence electrons. The third-order valence-electron chi connectivity index (χ3n) is 4.41. The Morgan fingerprint density at radius 3 is 2.38 bits per heavy atom. The quantitative estimate of drug-likeness (QED) is 0.765. The van der Waals surface area contributed by atoms with E-state index in [0.717, 1.165) is 16.2 Å². The first-order chi connectivity index (χ1) is 10.2. The predicted octanol–water partition coefficient (Wildman–Crippen LogP) is 5.29. The summed E-state index contributed by atoms with van der Waals surface area (Å²) < 4.78 is 0.901. The minimum atomic E-state index is 0.576. The van der Waals surface area contributed by atoms with Gasteiger partial charge in [-0.2, -0.15) is 0 Å². The average molecular weight is 345 g/mol. The average Bonchev–Trinajstić information content (AvgIpc) is 2.52. The zero-order chi connectivity index (χ0) is 14.7. The van der Waals surface area contributed by atoms with E-state index in [-0.39, 0.29) is 0 Å². The maximum Gasteiger partial charge on any atom is 0.106 e. The number of rotatable bonds is 3. The Labute approximate surface area is 135 Å². The van der Waals surface area contributed by atoms with Crippen LogP contribution in [-0.2, 0) is 0 Å². The first-order valence-electron chi connectivity index (χ1n) is 7.67. The first-order valence-corrected chi connectivity index (χ1v) is 8.46. The number of anilines is 1. The Kier molecular flexibility index (Phi) is 4.59. The fourth-order valence-electron chi connectivity index (χ4n) is 3.20. The number of hydrogen-bond acceptors (Lipinski definition) is 2. The summed E-state index contributed by atoms with van der Waals surface area (Å²) in [7, 11) is 0. The zero-order valence-corrected chi connectivity index (χ0v) is 13.9. The van der Waals surface area contributed by atoms with Crippen molar-refractivity contribution in [1.29, 1.82) is 0 Å². The van der Waals surface area contributed by atoms with Crippen molar-refractivity contribution < 1.29 is 0 Å². The van der Waals surface area contributed by atoms with Crippen LogP contribution in [0.3, 0.4) is 0 Å². The molecule has 1 aliphatic rings. The van der Waals surface area contributed by atoms with Gasteiger partial charge in [0.05, 0.1) is 11.4 Å². The van der Waals surface area contributed by atoms with Gasteiger partial charge in [-0.05, 0) is 72.2 Å². The molecular formula is C18H21BrN2. The topological polar surface area (TPSA) is 24.9 Å². The van der Waals surface area contributed by atoms with Crippen LogP contribution in [0.25, 0.3) is 0 Å². The Morgan fingerprint density at radius 1 is 1.00 bits per heavy atom. The number of pyridine rings is 1. The van der Waals surface area contributed by atoms with E-state index in [1.807, 2.05) is 6.07 Å². The van der Waals surface area contributed by atoms with Gasteiger partial charge in [0.15, 0.2) is 0 Å². The molecule has 0 radical (unpaired) electrons. The minimum Gasteiger partial charge on any atom is -0.381 e. The van der Waals surface area contributed by atoms with Crippen LogP contribution in [0.4, 0.5) is 5.69 Å². The molecule has 2 nitrogen and oxygen atoms in total. The van der Waals surface area contributed by atoms with Gasteiger partial charge in [0.25, 0.3) is 0 Å². The maximum absolute atomic E-state index is 4.46. The van der Waals surface area contributed by atoms with Crippen LogP contribution in [0.1, 0.15) is 42.9 Å². The second-order valence-electron chi connectivity index (χ2n) is 5.87. The molecule has 3 rings (SSSR count). The van der Waals surface area contributed by atoms with E-state index >= 15 is 0 Å². The molecule has 2 aromatic rings. The van der Waals surface area contributed by atoms with E-state index < -0.39 is 0 Å². The van der Waals surface area contributed by atoms with Crippen molar-refractivity contribution in [1.82, 2.24) is 4.98 Å². The van der Waals surface area contributed by atoms with Crippen LogP contribution >= 0.6 is 15.9 Å². The molecule has 1 N–H and O–H groups in total. The molecule has 1 heterocycles. The molecule has 0 saturated heterocycles. The number of halogens is 1. The van der Waals surface area contributed by atoms with Gasteiger partial charge < -0.3 is 5.32 Å². The highest BCUT2D eigenvalue weighted by molar-refractivity contribution is 9.10. The lowest BCUT2D eigenvalue weighted by atomic mass is 9.81. The van der Waals surface area contributed by atoms with E-state index in [9.17, 15) is 0 Å². The van der Waals surface area contributed by atoms with Gasteiger partial charge in [0.1, 0.15) is 4.60 Å². The molecule has 1 saturated carbocycles. The van der Waals surface area contributed by atoms with E-state index in [1.165, 1.54) is 36.9 Å². The van der Waals surface area contributed by atoms with Crippen LogP contribution in [0.5, 0.6) is 0 Å². The number of nitrogens with zero attached hydrogens (tertiary/aromatic N) is 1. The largest absolute Gasteiger partial charge is 0.381 e. The summed E-state index contributed by atoms with van der Waals surface area (Å²) in [4.78, 5) is 4.46. The Bertz CT molecular complexity index is 589. The van der Waals surface area contributed by atoms with Gasteiger partial charge in [0, 0.05) is 6.04 Å². The number of benzene rings is 1. The molecule has 1 aromatic carbocycles. The van der Waals surface area contributed by atoms with Crippen LogP contribution < -0.4 is 5.32 Å². The number of hydrogen-bond donors (Lipinski definition) is 1. The van der Waals surface area contributed by atoms with Crippen molar-refractivity contribution in [3.8, 4) is 0 Å². The number of aryl methyl sites for hydroxylation is 1. The highest BCUT2D eigenvalue weighted by Crippen LogP contribution is 2.34. The molecule has 0 bridgehead atoms. The van der Waals surface area contributed by atoms with Crippen molar-refractivity contribution in [3.05, 3.63) is 58.3 Å². The molecular weight excluding hydrogens is 324 g/mol. The lowest BCUT2D eigenvalue weighted by Crippen LogP contribution is -2.25. The van der Waals surface area contributed by atoms with Gasteiger partial charge in [-0.1, -0.05) is 30.3 Å². The molecule has 0 spiro atoms. The molecule has 0 aliphatic heterocycles. The third kappa shape index (κ3) is 3.65. The van der Waals surface area contributed by atoms with Crippen LogP contribution in [0.2, 0.25) is 0 Å². The van der Waals surface area contributed by atoms with E-state index in [4.69, 9.17) is 0 Å². The van der Waals surface area contributed by atoms with Gasteiger partial charge in [-0.15, -0.1) is 0 Å². The molecule has 1 aromatic heterocycles. The molecule has 21 heavy (non-hydrogen) atoms. The summed E-state index contributed by atoms with van der Waals surface area (Å²) in [6.45, 7) is 2.06. The fourth-order valence-corrected chi connectivity index (χ4v) is 3.60. The van der Waals surface area contributed by atoms with Crippen molar-refractivity contribution in [3.63, 3.8) is 0 Å². The van der Waals surface area contributed by atoms with E-state index in [2.05, 4.69) is 69.6 Å². The maximum atomic E-state index is 4.46. The van der Waals surface area contributed by atoms with Crippen molar-refractivity contribution in [2.24, 2.45) is 0 Å². The Balaban J connectivity index is 1.59. The first kappa shape index (κ1) is 14.6. The standard InChI is InChI=1S/C18H21BrN2/c1-13-17(11-12-18(19)20-13)21-16-9-7-15(8-10-16)14-5-3-2-4-6-14/h2-6,11-12,15-16,21H,7-10H2,1H3. The van der Waals surface area contributed by atoms with Gasteiger partial charge in [-0.25, -0.2) is 4.98 Å². The minimum absolute atomic E-state index is 0.576. The normalized spacial score (nSPS) is 22.0. The smallest absolute Gasteiger partial charge is 0.106 e. The second-order valence-corrected chi connectivity index (χ2v) is 6.68. The molecule has 3 heteroatoms. The van der Waals surface area contributed by atoms with Crippen LogP contribution in [0.15, 0.2) is 47.1 Å². The second kappa shape index (κ2) is 6.61. The van der Waals surface area contributed by atoms with Gasteiger partial charge in [-0.3, -0.25) is 0 Å². The zero-order valence-electron chi connectivity index (χ0n) is 12.3.